The van der Waals surface area contributed by atoms with Crippen LogP contribution in [0, 0.1) is 0 Å². The zero-order valence-electron chi connectivity index (χ0n) is 15.2. The van der Waals surface area contributed by atoms with Gasteiger partial charge in [-0.25, -0.2) is 0 Å². The summed E-state index contributed by atoms with van der Waals surface area (Å²) in [6, 6.07) is 4.37. The lowest BCUT2D eigenvalue weighted by Crippen LogP contribution is -2.42. The summed E-state index contributed by atoms with van der Waals surface area (Å²) in [6.45, 7) is 1.69. The fourth-order valence-corrected chi connectivity index (χ4v) is 3.42. The summed E-state index contributed by atoms with van der Waals surface area (Å²) in [5, 5.41) is 13.3. The third-order valence-electron chi connectivity index (χ3n) is 5.03. The Hall–Kier alpha value is -2.97. The van der Waals surface area contributed by atoms with Crippen LogP contribution in [0.5, 0.6) is 11.8 Å². The standard InChI is InChI=1S/C18H21N7O2/c1-26-14-9-19-18(20-10-14)27-13-3-2-8-24(11-13)16-7-6-15-21-22-17(12-4-5-12)25(15)23-16/h6-7,9-10,12-13H,2-5,8,11H2,1H3. The number of hydrogen-bond acceptors (Lipinski definition) is 8. The number of anilines is 1. The van der Waals surface area contributed by atoms with Crippen molar-refractivity contribution in [3.05, 3.63) is 30.4 Å². The van der Waals surface area contributed by atoms with Gasteiger partial charge in [0.25, 0.3) is 0 Å². The summed E-state index contributed by atoms with van der Waals surface area (Å²) in [4.78, 5) is 10.6. The highest BCUT2D eigenvalue weighted by molar-refractivity contribution is 5.46. The average Bonchev–Trinajstić information content (AvgIpc) is 3.47. The van der Waals surface area contributed by atoms with Crippen molar-refractivity contribution in [1.82, 2.24) is 29.8 Å². The van der Waals surface area contributed by atoms with Crippen molar-refractivity contribution in [3.63, 3.8) is 0 Å². The van der Waals surface area contributed by atoms with E-state index in [9.17, 15) is 0 Å². The van der Waals surface area contributed by atoms with Crippen molar-refractivity contribution >= 4 is 11.5 Å². The molecule has 0 spiro atoms. The first kappa shape index (κ1) is 16.2. The Labute approximate surface area is 156 Å². The van der Waals surface area contributed by atoms with Gasteiger partial charge in [0.2, 0.25) is 0 Å². The molecule has 9 heteroatoms. The Kier molecular flexibility index (Phi) is 3.99. The van der Waals surface area contributed by atoms with Crippen molar-refractivity contribution in [2.24, 2.45) is 0 Å². The molecule has 3 aromatic heterocycles. The Morgan fingerprint density at radius 3 is 2.70 bits per heavy atom. The van der Waals surface area contributed by atoms with Crippen LogP contribution in [-0.4, -0.2) is 56.1 Å². The van der Waals surface area contributed by atoms with Crippen LogP contribution >= 0.6 is 0 Å². The maximum atomic E-state index is 5.97. The molecule has 1 atom stereocenters. The van der Waals surface area contributed by atoms with Gasteiger partial charge in [0, 0.05) is 12.5 Å². The van der Waals surface area contributed by atoms with Gasteiger partial charge in [-0.3, -0.25) is 0 Å². The molecule has 0 aromatic carbocycles. The van der Waals surface area contributed by atoms with Gasteiger partial charge in [-0.1, -0.05) is 0 Å². The second-order valence-corrected chi connectivity index (χ2v) is 7.03. The summed E-state index contributed by atoms with van der Waals surface area (Å²) in [7, 11) is 1.59. The van der Waals surface area contributed by atoms with Gasteiger partial charge >= 0.3 is 6.01 Å². The molecule has 140 valence electrons. The van der Waals surface area contributed by atoms with Gasteiger partial charge in [0.15, 0.2) is 17.2 Å². The van der Waals surface area contributed by atoms with Crippen LogP contribution in [0.2, 0.25) is 0 Å². The zero-order valence-corrected chi connectivity index (χ0v) is 15.2. The summed E-state index contributed by atoms with van der Waals surface area (Å²) >= 11 is 0. The quantitative estimate of drug-likeness (QED) is 0.675. The average molecular weight is 367 g/mol. The normalized spacial score (nSPS) is 20.0. The SMILES string of the molecule is COc1cnc(OC2CCCN(c3ccc4nnc(C5CC5)n4n3)C2)nc1. The van der Waals surface area contributed by atoms with E-state index in [0.717, 1.165) is 43.2 Å². The van der Waals surface area contributed by atoms with Gasteiger partial charge in [-0.05, 0) is 37.8 Å². The number of ether oxygens (including phenoxy) is 2. The van der Waals surface area contributed by atoms with Crippen LogP contribution in [0.15, 0.2) is 24.5 Å². The van der Waals surface area contributed by atoms with Crippen LogP contribution in [-0.2, 0) is 0 Å². The monoisotopic (exact) mass is 367 g/mol. The van der Waals surface area contributed by atoms with Crippen molar-refractivity contribution in [3.8, 4) is 11.8 Å². The molecule has 0 radical (unpaired) electrons. The highest BCUT2D eigenvalue weighted by atomic mass is 16.5. The molecule has 0 N–H and O–H groups in total. The summed E-state index contributed by atoms with van der Waals surface area (Å²) in [6.07, 6.45) is 7.59. The number of rotatable bonds is 5. The number of nitrogens with zero attached hydrogens (tertiary/aromatic N) is 7. The van der Waals surface area contributed by atoms with E-state index in [-0.39, 0.29) is 6.10 Å². The van der Waals surface area contributed by atoms with E-state index < -0.39 is 0 Å². The molecule has 1 saturated carbocycles. The van der Waals surface area contributed by atoms with Gasteiger partial charge in [0.1, 0.15) is 11.9 Å². The van der Waals surface area contributed by atoms with E-state index in [0.29, 0.717) is 17.7 Å². The summed E-state index contributed by atoms with van der Waals surface area (Å²) in [5.41, 5.74) is 0.803. The molecule has 2 aliphatic rings. The Morgan fingerprint density at radius 1 is 1.07 bits per heavy atom. The third-order valence-corrected chi connectivity index (χ3v) is 5.03. The maximum Gasteiger partial charge on any atom is 0.316 e. The molecule has 4 heterocycles. The van der Waals surface area contributed by atoms with Crippen LogP contribution in [0.4, 0.5) is 5.82 Å². The van der Waals surface area contributed by atoms with E-state index in [1.807, 2.05) is 16.6 Å². The highest BCUT2D eigenvalue weighted by Gasteiger charge is 2.30. The number of aromatic nitrogens is 6. The second kappa shape index (κ2) is 6.64. The minimum Gasteiger partial charge on any atom is -0.494 e. The van der Waals surface area contributed by atoms with E-state index in [4.69, 9.17) is 14.6 Å². The lowest BCUT2D eigenvalue weighted by Gasteiger charge is -2.33. The summed E-state index contributed by atoms with van der Waals surface area (Å²) in [5.74, 6) is 3.02. The number of methoxy groups -OCH3 is 1. The minimum atomic E-state index is 0.0217. The minimum absolute atomic E-state index is 0.0217. The smallest absolute Gasteiger partial charge is 0.316 e. The van der Waals surface area contributed by atoms with Crippen molar-refractivity contribution < 1.29 is 9.47 Å². The molecule has 27 heavy (non-hydrogen) atoms. The highest BCUT2D eigenvalue weighted by Crippen LogP contribution is 2.38. The molecular formula is C18H21N7O2. The van der Waals surface area contributed by atoms with Crippen LogP contribution in [0.1, 0.15) is 37.4 Å². The molecule has 0 bridgehead atoms. The van der Waals surface area contributed by atoms with Crippen molar-refractivity contribution in [1.29, 1.82) is 0 Å². The van der Waals surface area contributed by atoms with Crippen LogP contribution in [0.25, 0.3) is 5.65 Å². The van der Waals surface area contributed by atoms with E-state index in [1.54, 1.807) is 19.5 Å². The predicted molar refractivity (Wildman–Crippen MR) is 97.2 cm³/mol. The van der Waals surface area contributed by atoms with Gasteiger partial charge in [0.05, 0.1) is 26.0 Å². The Morgan fingerprint density at radius 2 is 1.93 bits per heavy atom. The molecule has 5 rings (SSSR count). The molecule has 3 aromatic rings. The fourth-order valence-electron chi connectivity index (χ4n) is 3.42. The van der Waals surface area contributed by atoms with E-state index in [1.165, 1.54) is 12.8 Å². The zero-order chi connectivity index (χ0) is 18.2. The first-order valence-electron chi connectivity index (χ1n) is 9.30. The van der Waals surface area contributed by atoms with E-state index >= 15 is 0 Å². The second-order valence-electron chi connectivity index (χ2n) is 7.03. The first-order chi connectivity index (χ1) is 13.3. The van der Waals surface area contributed by atoms with Gasteiger partial charge < -0.3 is 14.4 Å². The fraction of sp³-hybridized carbons (Fsp3) is 0.500. The topological polar surface area (TPSA) is 90.6 Å². The largest absolute Gasteiger partial charge is 0.494 e. The van der Waals surface area contributed by atoms with Gasteiger partial charge in [-0.15, -0.1) is 15.3 Å². The van der Waals surface area contributed by atoms with E-state index in [2.05, 4.69) is 25.1 Å². The van der Waals surface area contributed by atoms with Gasteiger partial charge in [-0.2, -0.15) is 14.5 Å². The Bertz CT molecular complexity index is 939. The van der Waals surface area contributed by atoms with Crippen molar-refractivity contribution in [2.75, 3.05) is 25.1 Å². The molecule has 1 unspecified atom stereocenters. The molecule has 0 amide bonds. The van der Waals surface area contributed by atoms with Crippen LogP contribution in [0.3, 0.4) is 0 Å². The lowest BCUT2D eigenvalue weighted by molar-refractivity contribution is 0.163. The molecular weight excluding hydrogens is 346 g/mol. The number of fused-ring (bicyclic) bond motifs is 1. The summed E-state index contributed by atoms with van der Waals surface area (Å²) < 4.78 is 12.9. The van der Waals surface area contributed by atoms with Crippen LogP contribution < -0.4 is 14.4 Å². The molecule has 2 fully saturated rings. The molecule has 1 aliphatic carbocycles. The predicted octanol–water partition coefficient (Wildman–Crippen LogP) is 1.85. The lowest BCUT2D eigenvalue weighted by atomic mass is 10.1. The number of piperidine rings is 1. The molecule has 9 nitrogen and oxygen atoms in total. The van der Waals surface area contributed by atoms with Crippen molar-refractivity contribution in [2.45, 2.75) is 37.7 Å². The molecule has 1 saturated heterocycles. The Balaban J connectivity index is 1.32. The first-order valence-corrected chi connectivity index (χ1v) is 9.30. The third kappa shape index (κ3) is 3.24. The molecule has 1 aliphatic heterocycles. The number of hydrogen-bond donors (Lipinski definition) is 0. The maximum absolute atomic E-state index is 5.97.